The van der Waals surface area contributed by atoms with E-state index in [0.717, 1.165) is 38.4 Å². The molecule has 0 aliphatic rings. The van der Waals surface area contributed by atoms with Crippen LogP contribution in [0, 0.1) is 13.8 Å². The van der Waals surface area contributed by atoms with Gasteiger partial charge in [-0.15, -0.1) is 0 Å². The van der Waals surface area contributed by atoms with E-state index in [1.54, 1.807) is 0 Å². The van der Waals surface area contributed by atoms with Gasteiger partial charge in [0.2, 0.25) is 0 Å². The molecule has 1 aromatic heterocycles. The minimum absolute atomic E-state index is 0.0178. The van der Waals surface area contributed by atoms with Gasteiger partial charge in [-0.25, -0.2) is 0 Å². The van der Waals surface area contributed by atoms with Gasteiger partial charge in [-0.05, 0) is 48.7 Å². The van der Waals surface area contributed by atoms with Crippen molar-refractivity contribution in [3.63, 3.8) is 0 Å². The van der Waals surface area contributed by atoms with Gasteiger partial charge in [-0.3, -0.25) is 4.79 Å². The average Bonchev–Trinajstić information content (AvgIpc) is 2.90. The maximum Gasteiger partial charge on any atom is 0.307 e. The van der Waals surface area contributed by atoms with E-state index in [2.05, 4.69) is 0 Å². The van der Waals surface area contributed by atoms with Gasteiger partial charge in [0.25, 0.3) is 0 Å². The van der Waals surface area contributed by atoms with E-state index in [1.165, 1.54) is 0 Å². The number of para-hydroxylation sites is 1. The maximum atomic E-state index is 11.1. The van der Waals surface area contributed by atoms with E-state index >= 15 is 0 Å². The van der Waals surface area contributed by atoms with E-state index in [-0.39, 0.29) is 6.42 Å². The fourth-order valence-electron chi connectivity index (χ4n) is 3.06. The van der Waals surface area contributed by atoms with Gasteiger partial charge in [-0.2, -0.15) is 0 Å². The molecule has 0 aliphatic heterocycles. The Bertz CT molecular complexity index is 907. The Labute approximate surface area is 151 Å². The number of halogens is 1. The molecule has 0 aliphatic carbocycles. The molecule has 0 spiro atoms. The van der Waals surface area contributed by atoms with Crippen molar-refractivity contribution >= 4 is 28.5 Å². The number of aryl methyl sites for hydroxylation is 2. The second-order valence-electron chi connectivity index (χ2n) is 6.15. The quantitative estimate of drug-likeness (QED) is 0.700. The van der Waals surface area contributed by atoms with Crippen molar-refractivity contribution in [3.8, 4) is 5.75 Å². The minimum Gasteiger partial charge on any atom is -0.492 e. The molecule has 0 amide bonds. The second kappa shape index (κ2) is 7.19. The van der Waals surface area contributed by atoms with Crippen molar-refractivity contribution in [2.75, 3.05) is 6.61 Å². The highest BCUT2D eigenvalue weighted by Crippen LogP contribution is 2.26. The summed E-state index contributed by atoms with van der Waals surface area (Å²) in [6.07, 6.45) is 1.92. The van der Waals surface area contributed by atoms with Crippen molar-refractivity contribution in [1.29, 1.82) is 0 Å². The van der Waals surface area contributed by atoms with Crippen LogP contribution in [0.25, 0.3) is 10.9 Å². The smallest absolute Gasteiger partial charge is 0.307 e. The first-order valence-electron chi connectivity index (χ1n) is 8.14. The van der Waals surface area contributed by atoms with Crippen molar-refractivity contribution in [2.24, 2.45) is 0 Å². The number of nitrogens with zero attached hydrogens (tertiary/aromatic N) is 1. The molecule has 1 N–H and O–H groups in total. The molecule has 0 fully saturated rings. The molecule has 4 nitrogen and oxygen atoms in total. The van der Waals surface area contributed by atoms with Crippen LogP contribution in [0.5, 0.6) is 5.75 Å². The Balaban J connectivity index is 1.76. The predicted octanol–water partition coefficient (Wildman–Crippen LogP) is 4.62. The molecule has 3 rings (SSSR count). The van der Waals surface area contributed by atoms with Crippen LogP contribution in [0.1, 0.15) is 16.7 Å². The Morgan fingerprint density at radius 2 is 1.88 bits per heavy atom. The summed E-state index contributed by atoms with van der Waals surface area (Å²) < 4.78 is 7.91. The summed E-state index contributed by atoms with van der Waals surface area (Å²) in [6.45, 7) is 5.05. The van der Waals surface area contributed by atoms with E-state index in [1.807, 2.05) is 61.0 Å². The maximum absolute atomic E-state index is 11.1. The summed E-state index contributed by atoms with van der Waals surface area (Å²) in [7, 11) is 0. The first-order chi connectivity index (χ1) is 12.0. The molecular weight excluding hydrogens is 338 g/mol. The Hall–Kier alpha value is -2.46. The summed E-state index contributed by atoms with van der Waals surface area (Å²) >= 11 is 6.18. The van der Waals surface area contributed by atoms with Crippen LogP contribution in [-0.2, 0) is 17.8 Å². The Kier molecular flexibility index (Phi) is 5.00. The summed E-state index contributed by atoms with van der Waals surface area (Å²) in [5, 5.41) is 10.8. The Morgan fingerprint density at radius 3 is 2.56 bits per heavy atom. The minimum atomic E-state index is -0.828. The zero-order valence-electron chi connectivity index (χ0n) is 14.3. The first-order valence-corrected chi connectivity index (χ1v) is 8.51. The van der Waals surface area contributed by atoms with Crippen molar-refractivity contribution in [2.45, 2.75) is 26.8 Å². The number of carbonyl (C=O) groups is 1. The molecule has 0 radical (unpaired) electrons. The monoisotopic (exact) mass is 357 g/mol. The second-order valence-corrected chi connectivity index (χ2v) is 6.53. The molecular formula is C20H20ClNO3. The lowest BCUT2D eigenvalue weighted by Gasteiger charge is -2.11. The fraction of sp³-hybridized carbons (Fsp3) is 0.250. The lowest BCUT2D eigenvalue weighted by atomic mass is 10.1. The number of ether oxygens (including phenoxy) is 1. The molecule has 3 aromatic rings. The molecule has 5 heteroatoms. The normalized spacial score (nSPS) is 11.0. The van der Waals surface area contributed by atoms with Crippen LogP contribution >= 0.6 is 11.6 Å². The average molecular weight is 358 g/mol. The predicted molar refractivity (Wildman–Crippen MR) is 99.7 cm³/mol. The van der Waals surface area contributed by atoms with E-state index in [0.29, 0.717) is 13.2 Å². The molecule has 130 valence electrons. The number of fused-ring (bicyclic) bond motifs is 1. The Morgan fingerprint density at radius 1 is 1.20 bits per heavy atom. The third-order valence-electron chi connectivity index (χ3n) is 4.22. The molecule has 0 unspecified atom stereocenters. The van der Waals surface area contributed by atoms with Gasteiger partial charge >= 0.3 is 5.97 Å². The molecule has 0 saturated carbocycles. The topological polar surface area (TPSA) is 51.5 Å². The van der Waals surface area contributed by atoms with Gasteiger partial charge in [-0.1, -0.05) is 29.8 Å². The highest BCUT2D eigenvalue weighted by molar-refractivity contribution is 6.32. The number of carboxylic acids is 1. The van der Waals surface area contributed by atoms with Crippen LogP contribution < -0.4 is 4.74 Å². The van der Waals surface area contributed by atoms with Gasteiger partial charge in [0.1, 0.15) is 12.4 Å². The van der Waals surface area contributed by atoms with E-state index in [4.69, 9.17) is 21.4 Å². The van der Waals surface area contributed by atoms with Crippen LogP contribution in [0.4, 0.5) is 0 Å². The first kappa shape index (κ1) is 17.4. The summed E-state index contributed by atoms with van der Waals surface area (Å²) in [5.41, 5.74) is 3.82. The summed E-state index contributed by atoms with van der Waals surface area (Å²) in [5.74, 6) is -0.0344. The highest BCUT2D eigenvalue weighted by Gasteiger charge is 2.11. The number of carboxylic acid groups (broad SMARTS) is 1. The lowest BCUT2D eigenvalue weighted by molar-refractivity contribution is -0.136. The molecule has 2 aromatic carbocycles. The molecule has 25 heavy (non-hydrogen) atoms. The molecule has 0 saturated heterocycles. The number of hydrogen-bond acceptors (Lipinski definition) is 2. The van der Waals surface area contributed by atoms with Crippen LogP contribution in [0.15, 0.2) is 42.6 Å². The summed E-state index contributed by atoms with van der Waals surface area (Å²) in [4.78, 5) is 11.1. The van der Waals surface area contributed by atoms with Gasteiger partial charge in [0.15, 0.2) is 0 Å². The fourth-order valence-corrected chi connectivity index (χ4v) is 3.17. The van der Waals surface area contributed by atoms with E-state index in [9.17, 15) is 4.79 Å². The van der Waals surface area contributed by atoms with Crippen LogP contribution in [0.3, 0.4) is 0 Å². The number of aromatic nitrogens is 1. The van der Waals surface area contributed by atoms with Gasteiger partial charge in [0.05, 0.1) is 13.0 Å². The van der Waals surface area contributed by atoms with Crippen LogP contribution in [-0.4, -0.2) is 22.2 Å². The van der Waals surface area contributed by atoms with Gasteiger partial charge in [0, 0.05) is 22.1 Å². The number of aliphatic carboxylic acids is 1. The standard InChI is InChI=1S/C20H20ClNO3/c1-13-9-16(10-14(2)20(13)21)25-8-7-22-12-15(11-19(23)24)17-5-3-4-6-18(17)22/h3-6,9-10,12H,7-8,11H2,1-2H3,(H,23,24). The SMILES string of the molecule is Cc1cc(OCCn2cc(CC(=O)O)c3ccccc32)cc(C)c1Cl. The third kappa shape index (κ3) is 3.80. The van der Waals surface area contributed by atoms with Crippen molar-refractivity contribution < 1.29 is 14.6 Å². The lowest BCUT2D eigenvalue weighted by Crippen LogP contribution is -2.07. The zero-order chi connectivity index (χ0) is 18.0. The third-order valence-corrected chi connectivity index (χ3v) is 4.82. The highest BCUT2D eigenvalue weighted by atomic mass is 35.5. The van der Waals surface area contributed by atoms with Crippen LogP contribution in [0.2, 0.25) is 5.02 Å². The molecule has 1 heterocycles. The number of rotatable bonds is 6. The van der Waals surface area contributed by atoms with Gasteiger partial charge < -0.3 is 14.4 Å². The molecule has 0 atom stereocenters. The molecule has 0 bridgehead atoms. The number of benzene rings is 2. The number of hydrogen-bond donors (Lipinski definition) is 1. The summed E-state index contributed by atoms with van der Waals surface area (Å²) in [6, 6.07) is 11.7. The van der Waals surface area contributed by atoms with Crippen molar-refractivity contribution in [3.05, 3.63) is 64.3 Å². The largest absolute Gasteiger partial charge is 0.492 e. The van der Waals surface area contributed by atoms with Crippen molar-refractivity contribution in [1.82, 2.24) is 4.57 Å². The zero-order valence-corrected chi connectivity index (χ0v) is 15.0. The van der Waals surface area contributed by atoms with E-state index < -0.39 is 5.97 Å².